The van der Waals surface area contributed by atoms with Crippen molar-refractivity contribution in [3.05, 3.63) is 70.5 Å². The van der Waals surface area contributed by atoms with E-state index in [-0.39, 0.29) is 29.7 Å². The summed E-state index contributed by atoms with van der Waals surface area (Å²) in [5, 5.41) is 7.07. The van der Waals surface area contributed by atoms with Gasteiger partial charge in [-0.2, -0.15) is 5.10 Å². The van der Waals surface area contributed by atoms with Gasteiger partial charge < -0.3 is 5.32 Å². The summed E-state index contributed by atoms with van der Waals surface area (Å²) in [6.07, 6.45) is 0.00618. The Balaban J connectivity index is 1.71. The third kappa shape index (κ3) is 4.68. The van der Waals surface area contributed by atoms with Crippen LogP contribution in [0.4, 0.5) is 8.78 Å². The number of benzene rings is 2. The number of aryl methyl sites for hydroxylation is 1. The van der Waals surface area contributed by atoms with Crippen LogP contribution in [0.25, 0.3) is 11.4 Å². The highest BCUT2D eigenvalue weighted by atomic mass is 35.5. The topological polar surface area (TPSA) is 59.8 Å². The molecule has 0 fully saturated rings. The van der Waals surface area contributed by atoms with Crippen molar-refractivity contribution in [1.82, 2.24) is 20.1 Å². The number of rotatable bonds is 6. The molecule has 0 atom stereocenters. The number of hydrogen-bond acceptors (Lipinski definition) is 3. The van der Waals surface area contributed by atoms with Gasteiger partial charge in [-0.1, -0.05) is 23.7 Å². The fourth-order valence-corrected chi connectivity index (χ4v) is 2.69. The summed E-state index contributed by atoms with van der Waals surface area (Å²) < 4.78 is 28.4. The first-order valence-corrected chi connectivity index (χ1v) is 8.74. The molecule has 0 unspecified atom stereocenters. The smallest absolute Gasteiger partial charge is 0.227 e. The van der Waals surface area contributed by atoms with Crippen molar-refractivity contribution in [2.24, 2.45) is 0 Å². The first-order valence-electron chi connectivity index (χ1n) is 8.36. The highest BCUT2D eigenvalue weighted by Crippen LogP contribution is 2.22. The van der Waals surface area contributed by atoms with E-state index in [1.165, 1.54) is 24.3 Å². The molecule has 3 rings (SSSR count). The summed E-state index contributed by atoms with van der Waals surface area (Å²) >= 11 is 5.70. The average molecular weight is 391 g/mol. The number of halogens is 3. The van der Waals surface area contributed by atoms with Gasteiger partial charge in [-0.15, -0.1) is 0 Å². The summed E-state index contributed by atoms with van der Waals surface area (Å²) in [6, 6.07) is 10.3. The van der Waals surface area contributed by atoms with Gasteiger partial charge in [0.25, 0.3) is 0 Å². The summed E-state index contributed by atoms with van der Waals surface area (Å²) in [6.45, 7) is 2.59. The summed E-state index contributed by atoms with van der Waals surface area (Å²) in [5.41, 5.74) is 1.14. The first-order chi connectivity index (χ1) is 13.0. The van der Waals surface area contributed by atoms with Gasteiger partial charge in [0.1, 0.15) is 17.5 Å². The molecule has 0 aliphatic heterocycles. The van der Waals surface area contributed by atoms with Crippen LogP contribution in [0.1, 0.15) is 18.3 Å². The molecule has 0 aliphatic carbocycles. The van der Waals surface area contributed by atoms with Crippen molar-refractivity contribution in [3.8, 4) is 11.4 Å². The molecule has 0 bridgehead atoms. The number of hydrogen-bond donors (Lipinski definition) is 1. The highest BCUT2D eigenvalue weighted by molar-refractivity contribution is 6.30. The van der Waals surface area contributed by atoms with E-state index < -0.39 is 5.82 Å². The Morgan fingerprint density at radius 2 is 2.04 bits per heavy atom. The average Bonchev–Trinajstić information content (AvgIpc) is 3.05. The number of carbonyl (C=O) groups excluding carboxylic acids is 1. The lowest BCUT2D eigenvalue weighted by atomic mass is 10.2. The van der Waals surface area contributed by atoms with Gasteiger partial charge in [0.2, 0.25) is 5.91 Å². The van der Waals surface area contributed by atoms with E-state index in [1.54, 1.807) is 22.9 Å². The molecule has 0 radical (unpaired) electrons. The Morgan fingerprint density at radius 1 is 1.22 bits per heavy atom. The Hall–Kier alpha value is -2.80. The SMILES string of the molecule is CCn1nc(-c2ccc(Cl)c(F)c2)nc1CC(=O)NCc1cccc(F)c1. The zero-order valence-electron chi connectivity index (χ0n) is 14.5. The number of aromatic nitrogens is 3. The van der Waals surface area contributed by atoms with Crippen LogP contribution in [0.2, 0.25) is 5.02 Å². The van der Waals surface area contributed by atoms with Crippen molar-refractivity contribution in [3.63, 3.8) is 0 Å². The van der Waals surface area contributed by atoms with Crippen LogP contribution in [0.15, 0.2) is 42.5 Å². The predicted octanol–water partition coefficient (Wildman–Crippen LogP) is 3.76. The molecular weight excluding hydrogens is 374 g/mol. The van der Waals surface area contributed by atoms with Crippen LogP contribution in [0.3, 0.4) is 0 Å². The second kappa shape index (κ2) is 8.26. The largest absolute Gasteiger partial charge is 0.352 e. The molecule has 0 aliphatic rings. The molecule has 0 saturated heterocycles. The molecule has 8 heteroatoms. The summed E-state index contributed by atoms with van der Waals surface area (Å²) in [7, 11) is 0. The van der Waals surface area contributed by atoms with Crippen molar-refractivity contribution in [2.45, 2.75) is 26.4 Å². The van der Waals surface area contributed by atoms with Crippen molar-refractivity contribution < 1.29 is 13.6 Å². The first kappa shape index (κ1) is 19.0. The van der Waals surface area contributed by atoms with Crippen LogP contribution in [0.5, 0.6) is 0 Å². The molecule has 0 spiro atoms. The van der Waals surface area contributed by atoms with Gasteiger partial charge in [-0.25, -0.2) is 18.4 Å². The number of amides is 1. The lowest BCUT2D eigenvalue weighted by Gasteiger charge is -2.06. The molecule has 1 amide bonds. The molecule has 1 N–H and O–H groups in total. The normalized spacial score (nSPS) is 10.8. The van der Waals surface area contributed by atoms with E-state index in [2.05, 4.69) is 15.4 Å². The monoisotopic (exact) mass is 390 g/mol. The Kier molecular flexibility index (Phi) is 5.81. The van der Waals surface area contributed by atoms with Crippen molar-refractivity contribution >= 4 is 17.5 Å². The molecular formula is C19H17ClF2N4O. The Bertz CT molecular complexity index is 974. The third-order valence-electron chi connectivity index (χ3n) is 3.92. The van der Waals surface area contributed by atoms with Gasteiger partial charge in [0.05, 0.1) is 11.4 Å². The van der Waals surface area contributed by atoms with Gasteiger partial charge in [-0.05, 0) is 42.8 Å². The lowest BCUT2D eigenvalue weighted by Crippen LogP contribution is -2.26. The fraction of sp³-hybridized carbons (Fsp3) is 0.211. The number of nitrogens with one attached hydrogen (secondary N) is 1. The molecule has 27 heavy (non-hydrogen) atoms. The quantitative estimate of drug-likeness (QED) is 0.697. The van der Waals surface area contributed by atoms with E-state index in [0.717, 1.165) is 0 Å². The standard InChI is InChI=1S/C19H17ClF2N4O/c1-2-26-17(10-18(27)23-11-12-4-3-5-14(21)8-12)24-19(25-26)13-6-7-15(20)16(22)9-13/h3-9H,2,10-11H2,1H3,(H,23,27). The maximum atomic E-state index is 13.7. The van der Waals surface area contributed by atoms with Crippen molar-refractivity contribution in [1.29, 1.82) is 0 Å². The molecule has 3 aromatic rings. The predicted molar refractivity (Wildman–Crippen MR) is 98.1 cm³/mol. The molecule has 2 aromatic carbocycles. The van der Waals surface area contributed by atoms with Crippen LogP contribution in [0, 0.1) is 11.6 Å². The molecule has 140 valence electrons. The van der Waals surface area contributed by atoms with Gasteiger partial charge >= 0.3 is 0 Å². The summed E-state index contributed by atoms with van der Waals surface area (Å²) in [5.74, 6) is -0.404. The number of carbonyl (C=O) groups is 1. The zero-order valence-corrected chi connectivity index (χ0v) is 15.3. The van der Waals surface area contributed by atoms with E-state index in [9.17, 15) is 13.6 Å². The van der Waals surface area contributed by atoms with Gasteiger partial charge in [-0.3, -0.25) is 4.79 Å². The zero-order chi connectivity index (χ0) is 19.4. The fourth-order valence-electron chi connectivity index (χ4n) is 2.57. The lowest BCUT2D eigenvalue weighted by molar-refractivity contribution is -0.120. The van der Waals surface area contributed by atoms with Gasteiger partial charge in [0, 0.05) is 18.7 Å². The second-order valence-electron chi connectivity index (χ2n) is 5.88. The van der Waals surface area contributed by atoms with Crippen LogP contribution in [-0.4, -0.2) is 20.7 Å². The molecule has 1 aromatic heterocycles. The Labute approximate surface area is 160 Å². The van der Waals surface area contributed by atoms with Crippen molar-refractivity contribution in [2.75, 3.05) is 0 Å². The third-order valence-corrected chi connectivity index (χ3v) is 4.23. The van der Waals surface area contributed by atoms with E-state index in [4.69, 9.17) is 11.6 Å². The summed E-state index contributed by atoms with van der Waals surface area (Å²) in [4.78, 5) is 16.6. The van der Waals surface area contributed by atoms with Crippen LogP contribution < -0.4 is 5.32 Å². The Morgan fingerprint density at radius 3 is 2.74 bits per heavy atom. The molecule has 1 heterocycles. The maximum absolute atomic E-state index is 13.7. The van der Waals surface area contributed by atoms with Crippen LogP contribution >= 0.6 is 11.6 Å². The van der Waals surface area contributed by atoms with E-state index in [1.807, 2.05) is 6.92 Å². The number of nitrogens with zero attached hydrogens (tertiary/aromatic N) is 3. The van der Waals surface area contributed by atoms with E-state index >= 15 is 0 Å². The minimum atomic E-state index is -0.559. The second-order valence-corrected chi connectivity index (χ2v) is 6.29. The van der Waals surface area contributed by atoms with Gasteiger partial charge in [0.15, 0.2) is 5.82 Å². The van der Waals surface area contributed by atoms with E-state index in [0.29, 0.717) is 29.3 Å². The minimum absolute atomic E-state index is 0.00618. The molecule has 5 nitrogen and oxygen atoms in total. The minimum Gasteiger partial charge on any atom is -0.352 e. The highest BCUT2D eigenvalue weighted by Gasteiger charge is 2.15. The van der Waals surface area contributed by atoms with Crippen LogP contribution in [-0.2, 0) is 24.3 Å². The molecule has 0 saturated carbocycles. The maximum Gasteiger partial charge on any atom is 0.227 e.